The molecule has 0 aromatic rings. The van der Waals surface area contributed by atoms with E-state index in [0.29, 0.717) is 6.04 Å². The van der Waals surface area contributed by atoms with Crippen molar-refractivity contribution in [2.75, 3.05) is 13.7 Å². The summed E-state index contributed by atoms with van der Waals surface area (Å²) in [6, 6.07) is 0.616. The first-order valence-electron chi connectivity index (χ1n) is 5.19. The van der Waals surface area contributed by atoms with Gasteiger partial charge in [-0.15, -0.1) is 0 Å². The number of hydrogen-bond acceptors (Lipinski definition) is 3. The molecule has 1 rings (SSSR count). The molecular formula is C10H18INO2. The van der Waals surface area contributed by atoms with Gasteiger partial charge in [0.25, 0.3) is 0 Å². The Morgan fingerprint density at radius 1 is 1.50 bits per heavy atom. The van der Waals surface area contributed by atoms with Crippen LogP contribution in [0.15, 0.2) is 0 Å². The molecule has 3 nitrogen and oxygen atoms in total. The zero-order valence-corrected chi connectivity index (χ0v) is 10.7. The molecule has 0 aromatic heterocycles. The van der Waals surface area contributed by atoms with Crippen LogP contribution in [0.2, 0.25) is 0 Å². The van der Waals surface area contributed by atoms with Crippen molar-refractivity contribution in [1.82, 2.24) is 5.32 Å². The number of nitrogens with one attached hydrogen (secondary N) is 1. The number of carbonyl (C=O) groups is 1. The predicted octanol–water partition coefficient (Wildman–Crippen LogP) is 1.89. The van der Waals surface area contributed by atoms with Crippen LogP contribution in [-0.2, 0) is 9.53 Å². The van der Waals surface area contributed by atoms with Crippen molar-refractivity contribution in [2.45, 2.75) is 42.1 Å². The van der Waals surface area contributed by atoms with Crippen LogP contribution in [-0.4, -0.2) is 29.6 Å². The normalized spacial score (nSPS) is 20.4. The van der Waals surface area contributed by atoms with E-state index in [-0.39, 0.29) is 9.89 Å². The summed E-state index contributed by atoms with van der Waals surface area (Å²) in [5.74, 6) is -0.131. The smallest absolute Gasteiger partial charge is 0.319 e. The first-order valence-corrected chi connectivity index (χ1v) is 6.44. The van der Waals surface area contributed by atoms with Crippen molar-refractivity contribution in [3.8, 4) is 0 Å². The lowest BCUT2D eigenvalue weighted by atomic mass is 9.95. The number of halogens is 1. The van der Waals surface area contributed by atoms with Gasteiger partial charge >= 0.3 is 5.97 Å². The second-order valence-electron chi connectivity index (χ2n) is 3.73. The molecule has 14 heavy (non-hydrogen) atoms. The number of ether oxygens (including phenoxy) is 1. The van der Waals surface area contributed by atoms with Crippen LogP contribution < -0.4 is 5.32 Å². The number of alkyl halides is 1. The molecule has 1 N–H and O–H groups in total. The first kappa shape index (κ1) is 12.2. The van der Waals surface area contributed by atoms with Gasteiger partial charge in [0, 0.05) is 12.6 Å². The molecule has 0 bridgehead atoms. The Bertz CT molecular complexity index is 181. The van der Waals surface area contributed by atoms with Crippen molar-refractivity contribution in [1.29, 1.82) is 0 Å². The molecule has 1 aliphatic carbocycles. The molecular weight excluding hydrogens is 293 g/mol. The molecule has 1 aliphatic rings. The van der Waals surface area contributed by atoms with Gasteiger partial charge in [-0.1, -0.05) is 41.9 Å². The Kier molecular flexibility index (Phi) is 5.77. The fourth-order valence-electron chi connectivity index (χ4n) is 1.79. The lowest BCUT2D eigenvalue weighted by Crippen LogP contribution is -2.37. The third kappa shape index (κ3) is 4.13. The van der Waals surface area contributed by atoms with E-state index in [9.17, 15) is 4.79 Å². The van der Waals surface area contributed by atoms with E-state index in [1.807, 2.05) is 0 Å². The van der Waals surface area contributed by atoms with Crippen molar-refractivity contribution >= 4 is 28.6 Å². The van der Waals surface area contributed by atoms with Gasteiger partial charge in [-0.3, -0.25) is 4.79 Å². The maximum atomic E-state index is 11.1. The molecule has 0 amide bonds. The highest BCUT2D eigenvalue weighted by Crippen LogP contribution is 2.17. The highest BCUT2D eigenvalue weighted by molar-refractivity contribution is 14.1. The van der Waals surface area contributed by atoms with E-state index in [1.165, 1.54) is 39.2 Å². The third-order valence-corrected chi connectivity index (χ3v) is 3.60. The summed E-state index contributed by atoms with van der Waals surface area (Å²) in [6.45, 7) is 0.734. The Balaban J connectivity index is 2.15. The third-order valence-electron chi connectivity index (χ3n) is 2.65. The molecule has 4 heteroatoms. The van der Waals surface area contributed by atoms with Gasteiger partial charge in [0.1, 0.15) is 3.92 Å². The second kappa shape index (κ2) is 6.61. The van der Waals surface area contributed by atoms with Crippen molar-refractivity contribution in [2.24, 2.45) is 0 Å². The van der Waals surface area contributed by atoms with Gasteiger partial charge in [-0.25, -0.2) is 0 Å². The van der Waals surface area contributed by atoms with E-state index < -0.39 is 0 Å². The topological polar surface area (TPSA) is 38.3 Å². The van der Waals surface area contributed by atoms with Crippen molar-refractivity contribution < 1.29 is 9.53 Å². The molecule has 0 saturated heterocycles. The highest BCUT2D eigenvalue weighted by Gasteiger charge is 2.18. The SMILES string of the molecule is COC(=O)C(I)CNC1CCCCC1. The minimum Gasteiger partial charge on any atom is -0.468 e. The van der Waals surface area contributed by atoms with Crippen molar-refractivity contribution in [3.63, 3.8) is 0 Å². The van der Waals surface area contributed by atoms with E-state index in [0.717, 1.165) is 6.54 Å². The highest BCUT2D eigenvalue weighted by atomic mass is 127. The van der Waals surface area contributed by atoms with Crippen molar-refractivity contribution in [3.05, 3.63) is 0 Å². The van der Waals surface area contributed by atoms with Gasteiger partial charge in [0.15, 0.2) is 0 Å². The minimum atomic E-state index is -0.131. The van der Waals surface area contributed by atoms with Crippen LogP contribution in [0.1, 0.15) is 32.1 Å². The molecule has 0 radical (unpaired) electrons. The predicted molar refractivity (Wildman–Crippen MR) is 64.7 cm³/mol. The number of methoxy groups -OCH3 is 1. The lowest BCUT2D eigenvalue weighted by molar-refractivity contribution is -0.139. The molecule has 1 unspecified atom stereocenters. The molecule has 0 heterocycles. The Morgan fingerprint density at radius 3 is 2.71 bits per heavy atom. The van der Waals surface area contributed by atoms with E-state index >= 15 is 0 Å². The summed E-state index contributed by atoms with van der Waals surface area (Å²) in [7, 11) is 1.44. The van der Waals surface area contributed by atoms with Gasteiger partial charge in [0.05, 0.1) is 7.11 Å². The summed E-state index contributed by atoms with van der Waals surface area (Å²) in [4.78, 5) is 11.1. The summed E-state index contributed by atoms with van der Waals surface area (Å²) in [5, 5.41) is 3.43. The standard InChI is InChI=1S/C10H18INO2/c1-14-10(13)9(11)7-12-8-5-3-2-4-6-8/h8-9,12H,2-7H2,1H3. The van der Waals surface area contributed by atoms with E-state index in [4.69, 9.17) is 0 Å². The average Bonchev–Trinajstić information content (AvgIpc) is 2.26. The number of esters is 1. The lowest BCUT2D eigenvalue weighted by Gasteiger charge is -2.23. The largest absolute Gasteiger partial charge is 0.468 e. The summed E-state index contributed by atoms with van der Waals surface area (Å²) < 4.78 is 4.61. The Morgan fingerprint density at radius 2 is 2.14 bits per heavy atom. The minimum absolute atomic E-state index is 0.0560. The summed E-state index contributed by atoms with van der Waals surface area (Å²) in [5.41, 5.74) is 0. The molecule has 1 fully saturated rings. The maximum Gasteiger partial charge on any atom is 0.319 e. The fraction of sp³-hybridized carbons (Fsp3) is 0.900. The molecule has 0 aliphatic heterocycles. The van der Waals surface area contributed by atoms with Crippen LogP contribution in [0.25, 0.3) is 0 Å². The molecule has 0 aromatic carbocycles. The van der Waals surface area contributed by atoms with E-state index in [2.05, 4.69) is 32.6 Å². The van der Waals surface area contributed by atoms with Crippen LogP contribution >= 0.6 is 22.6 Å². The van der Waals surface area contributed by atoms with Gasteiger partial charge < -0.3 is 10.1 Å². The van der Waals surface area contributed by atoms with Crippen LogP contribution in [0.4, 0.5) is 0 Å². The second-order valence-corrected chi connectivity index (χ2v) is 5.24. The Hall–Kier alpha value is 0.160. The average molecular weight is 311 g/mol. The quantitative estimate of drug-likeness (QED) is 0.489. The van der Waals surface area contributed by atoms with Gasteiger partial charge in [0.2, 0.25) is 0 Å². The first-order chi connectivity index (χ1) is 6.74. The van der Waals surface area contributed by atoms with E-state index in [1.54, 1.807) is 0 Å². The zero-order valence-electron chi connectivity index (χ0n) is 8.59. The summed E-state index contributed by atoms with van der Waals surface area (Å²) in [6.07, 6.45) is 6.52. The van der Waals surface area contributed by atoms with Gasteiger partial charge in [-0.05, 0) is 12.8 Å². The fourth-order valence-corrected chi connectivity index (χ4v) is 2.30. The zero-order chi connectivity index (χ0) is 10.4. The van der Waals surface area contributed by atoms with Crippen LogP contribution in [0.3, 0.4) is 0 Å². The molecule has 0 spiro atoms. The van der Waals surface area contributed by atoms with Gasteiger partial charge in [-0.2, -0.15) is 0 Å². The van der Waals surface area contributed by atoms with Crippen LogP contribution in [0.5, 0.6) is 0 Å². The number of rotatable bonds is 4. The summed E-state index contributed by atoms with van der Waals surface area (Å²) >= 11 is 2.13. The number of hydrogen-bond donors (Lipinski definition) is 1. The number of carbonyl (C=O) groups excluding carboxylic acids is 1. The van der Waals surface area contributed by atoms with Crippen LogP contribution in [0, 0.1) is 0 Å². The monoisotopic (exact) mass is 311 g/mol. The molecule has 1 saturated carbocycles. The maximum absolute atomic E-state index is 11.1. The molecule has 82 valence electrons. The Labute approximate surface area is 99.1 Å². The molecule has 1 atom stereocenters.